The van der Waals surface area contributed by atoms with Crippen LogP contribution >= 0.6 is 27.5 Å². The van der Waals surface area contributed by atoms with E-state index in [0.29, 0.717) is 39.9 Å². The van der Waals surface area contributed by atoms with Crippen LogP contribution in [0.1, 0.15) is 26.7 Å². The van der Waals surface area contributed by atoms with Crippen molar-refractivity contribution in [1.82, 2.24) is 4.98 Å². The molecule has 3 heterocycles. The smallest absolute Gasteiger partial charge is 0.431 e. The number of carbonyl (C=O) groups excluding carboxylic acids is 1. The number of anilines is 2. The lowest BCUT2D eigenvalue weighted by Crippen LogP contribution is -2.44. The first kappa shape index (κ1) is 29.3. The fourth-order valence-corrected chi connectivity index (χ4v) is 5.71. The summed E-state index contributed by atoms with van der Waals surface area (Å²) in [6.45, 7) is 4.90. The number of hydrazone groups is 1. The zero-order valence-electron chi connectivity index (χ0n) is 21.8. The van der Waals surface area contributed by atoms with Crippen LogP contribution in [0.4, 0.5) is 24.5 Å². The fourth-order valence-electron chi connectivity index (χ4n) is 4.94. The van der Waals surface area contributed by atoms with Gasteiger partial charge in [0.25, 0.3) is 0 Å². The molecule has 0 amide bonds. The summed E-state index contributed by atoms with van der Waals surface area (Å²) in [6.07, 6.45) is -2.65. The topological polar surface area (TPSA) is 76.5 Å². The van der Waals surface area contributed by atoms with Crippen LogP contribution < -0.4 is 19.4 Å². The molecule has 0 radical (unpaired) electrons. The van der Waals surface area contributed by atoms with Crippen LogP contribution in [-0.4, -0.2) is 62.3 Å². The zero-order valence-corrected chi connectivity index (χ0v) is 24.2. The number of benzene rings is 1. The van der Waals surface area contributed by atoms with Crippen molar-refractivity contribution < 1.29 is 32.2 Å². The molecular weight excluding hydrogens is 605 g/mol. The second-order valence-corrected chi connectivity index (χ2v) is 10.9. The van der Waals surface area contributed by atoms with E-state index in [9.17, 15) is 18.0 Å². The molecule has 0 saturated carbocycles. The van der Waals surface area contributed by atoms with Crippen molar-refractivity contribution in [2.75, 3.05) is 37.2 Å². The normalized spacial score (nSPS) is 23.5. The van der Waals surface area contributed by atoms with Crippen molar-refractivity contribution in [2.45, 2.75) is 45.0 Å². The Morgan fingerprint density at radius 3 is 2.56 bits per heavy atom. The predicted molar refractivity (Wildman–Crippen MR) is 146 cm³/mol. The van der Waals surface area contributed by atoms with Gasteiger partial charge in [0.05, 0.1) is 49.3 Å². The quantitative estimate of drug-likeness (QED) is 0.341. The van der Waals surface area contributed by atoms with Crippen LogP contribution in [0, 0.1) is 11.8 Å². The summed E-state index contributed by atoms with van der Waals surface area (Å²) in [5, 5.41) is 5.65. The molecule has 0 N–H and O–H groups in total. The molecule has 8 nitrogen and oxygen atoms in total. The van der Waals surface area contributed by atoms with Crippen molar-refractivity contribution in [3.05, 3.63) is 40.0 Å². The molecule has 1 aromatic carbocycles. The molecule has 0 spiro atoms. The summed E-state index contributed by atoms with van der Waals surface area (Å²) >= 11 is 9.85. The Hall–Kier alpha value is -2.73. The average Bonchev–Trinajstić information content (AvgIpc) is 3.21. The summed E-state index contributed by atoms with van der Waals surface area (Å²) in [7, 11) is 2.76. The predicted octanol–water partition coefficient (Wildman–Crippen LogP) is 6.11. The van der Waals surface area contributed by atoms with E-state index in [0.717, 1.165) is 12.1 Å². The van der Waals surface area contributed by atoms with Crippen molar-refractivity contribution in [3.8, 4) is 11.6 Å². The molecule has 2 aliphatic rings. The SMILES string of the molecule is COC(=O)CC1C(C)C(C(F)(F)F)=NN1c1ccc(O[C@@H]2CCN(c3cc(OC)ncc3Cl)C[C@H]2C)cc1Br. The number of carbonyl (C=O) groups is 1. The molecule has 0 aliphatic carbocycles. The molecule has 2 aromatic rings. The van der Waals surface area contributed by atoms with Crippen molar-refractivity contribution in [2.24, 2.45) is 16.9 Å². The van der Waals surface area contributed by atoms with Gasteiger partial charge in [-0.05, 0) is 34.1 Å². The number of piperidine rings is 1. The molecule has 2 unspecified atom stereocenters. The standard InChI is InChI=1S/C26H29BrClF3N4O4/c1-14-13-34(21-10-23(37-3)32-12-18(21)28)8-7-22(14)39-16-5-6-19(17(27)9-16)35-20(11-24(36)38-4)15(2)25(33-35)26(29,30)31/h5-6,9-10,12,14-15,20,22H,7-8,11,13H2,1-4H3/t14-,15?,20?,22-/m1/s1. The molecule has 1 fully saturated rings. The number of methoxy groups -OCH3 is 2. The van der Waals surface area contributed by atoms with Gasteiger partial charge in [-0.3, -0.25) is 9.80 Å². The number of hydrogen-bond donors (Lipinski definition) is 0. The van der Waals surface area contributed by atoms with Crippen molar-refractivity contribution in [3.63, 3.8) is 0 Å². The lowest BCUT2D eigenvalue weighted by Gasteiger charge is -2.38. The maximum absolute atomic E-state index is 13.6. The molecule has 1 saturated heterocycles. The second-order valence-electron chi connectivity index (χ2n) is 9.62. The largest absolute Gasteiger partial charge is 0.490 e. The van der Waals surface area contributed by atoms with Crippen LogP contribution in [0.2, 0.25) is 5.02 Å². The van der Waals surface area contributed by atoms with Crippen LogP contribution in [-0.2, 0) is 9.53 Å². The van der Waals surface area contributed by atoms with Gasteiger partial charge in [0.1, 0.15) is 17.6 Å². The molecular formula is C26H29BrClF3N4O4. The Morgan fingerprint density at radius 1 is 1.21 bits per heavy atom. The number of pyridine rings is 1. The van der Waals surface area contributed by atoms with E-state index < -0.39 is 29.8 Å². The van der Waals surface area contributed by atoms with E-state index in [1.54, 1.807) is 31.5 Å². The number of halogens is 5. The summed E-state index contributed by atoms with van der Waals surface area (Å²) in [5.74, 6) is -0.435. The summed E-state index contributed by atoms with van der Waals surface area (Å²) in [4.78, 5) is 18.3. The Morgan fingerprint density at radius 2 is 1.95 bits per heavy atom. The lowest BCUT2D eigenvalue weighted by molar-refractivity contribution is -0.141. The maximum Gasteiger partial charge on any atom is 0.431 e. The first-order valence-electron chi connectivity index (χ1n) is 12.3. The molecule has 1 aromatic heterocycles. The Labute approximate surface area is 238 Å². The molecule has 39 heavy (non-hydrogen) atoms. The fraction of sp³-hybridized carbons (Fsp3) is 0.500. The number of hydrogen-bond acceptors (Lipinski definition) is 8. The van der Waals surface area contributed by atoms with E-state index in [4.69, 9.17) is 25.8 Å². The third-order valence-electron chi connectivity index (χ3n) is 7.07. The highest BCUT2D eigenvalue weighted by molar-refractivity contribution is 9.10. The monoisotopic (exact) mass is 632 g/mol. The first-order chi connectivity index (χ1) is 18.4. The van der Waals surface area contributed by atoms with Gasteiger partial charge in [0.2, 0.25) is 5.88 Å². The van der Waals surface area contributed by atoms with Gasteiger partial charge < -0.3 is 19.1 Å². The molecule has 13 heteroatoms. The maximum atomic E-state index is 13.6. The Balaban J connectivity index is 1.49. The number of rotatable bonds is 7. The van der Waals surface area contributed by atoms with Crippen LogP contribution in [0.25, 0.3) is 0 Å². The number of ether oxygens (including phenoxy) is 3. The second kappa shape index (κ2) is 11.8. The third-order valence-corrected chi connectivity index (χ3v) is 8.00. The van der Waals surface area contributed by atoms with E-state index in [1.807, 2.05) is 6.07 Å². The highest BCUT2D eigenvalue weighted by atomic mass is 79.9. The Kier molecular flexibility index (Phi) is 8.85. The van der Waals surface area contributed by atoms with Crippen LogP contribution in [0.3, 0.4) is 0 Å². The van der Waals surface area contributed by atoms with E-state index in [1.165, 1.54) is 19.0 Å². The molecule has 0 bridgehead atoms. The summed E-state index contributed by atoms with van der Waals surface area (Å²) in [5.41, 5.74) is 0.309. The third kappa shape index (κ3) is 6.37. The van der Waals surface area contributed by atoms with Crippen LogP contribution in [0.15, 0.2) is 40.0 Å². The minimum Gasteiger partial charge on any atom is -0.490 e. The lowest BCUT2D eigenvalue weighted by atomic mass is 9.94. The van der Waals surface area contributed by atoms with Gasteiger partial charge in [-0.15, -0.1) is 0 Å². The summed E-state index contributed by atoms with van der Waals surface area (Å²) in [6, 6.07) is 6.01. The molecule has 212 valence electrons. The average molecular weight is 634 g/mol. The molecule has 4 atom stereocenters. The Bertz CT molecular complexity index is 1250. The van der Waals surface area contributed by atoms with E-state index in [2.05, 4.69) is 37.8 Å². The minimum absolute atomic E-state index is 0.0877. The van der Waals surface area contributed by atoms with Crippen molar-refractivity contribution in [1.29, 1.82) is 0 Å². The number of alkyl halides is 3. The zero-order chi connectivity index (χ0) is 28.5. The first-order valence-corrected chi connectivity index (χ1v) is 13.5. The summed E-state index contributed by atoms with van der Waals surface area (Å²) < 4.78 is 57.6. The number of nitrogens with zero attached hydrogens (tertiary/aromatic N) is 4. The highest BCUT2D eigenvalue weighted by Gasteiger charge is 2.49. The number of esters is 1. The van der Waals surface area contributed by atoms with Gasteiger partial charge in [-0.2, -0.15) is 18.3 Å². The van der Waals surface area contributed by atoms with E-state index in [-0.39, 0.29) is 18.4 Å². The van der Waals surface area contributed by atoms with Crippen LogP contribution in [0.5, 0.6) is 11.6 Å². The molecule has 2 aliphatic heterocycles. The van der Waals surface area contributed by atoms with Gasteiger partial charge >= 0.3 is 12.1 Å². The van der Waals surface area contributed by atoms with E-state index >= 15 is 0 Å². The molecule has 4 rings (SSSR count). The van der Waals surface area contributed by atoms with Crippen molar-refractivity contribution >= 4 is 50.6 Å². The number of aromatic nitrogens is 1. The van der Waals surface area contributed by atoms with Gasteiger partial charge in [0, 0.05) is 41.9 Å². The highest BCUT2D eigenvalue weighted by Crippen LogP contribution is 2.41. The van der Waals surface area contributed by atoms with Gasteiger partial charge in [-0.25, -0.2) is 4.98 Å². The van der Waals surface area contributed by atoms with Gasteiger partial charge in [0.15, 0.2) is 0 Å². The minimum atomic E-state index is -4.62. The van der Waals surface area contributed by atoms with Gasteiger partial charge in [-0.1, -0.05) is 25.4 Å².